The summed E-state index contributed by atoms with van der Waals surface area (Å²) in [7, 11) is -2.65. The number of carbonyl (C=O) groups is 1. The van der Waals surface area contributed by atoms with Crippen LogP contribution >= 0.6 is 0 Å². The van der Waals surface area contributed by atoms with Gasteiger partial charge < -0.3 is 10.4 Å². The minimum absolute atomic E-state index is 0.0189. The number of nitrogens with zero attached hydrogens (tertiary/aromatic N) is 1. The Balaban J connectivity index is 1.88. The van der Waals surface area contributed by atoms with Gasteiger partial charge in [-0.3, -0.25) is 4.99 Å². The van der Waals surface area contributed by atoms with Crippen molar-refractivity contribution in [2.45, 2.75) is 65.7 Å². The SMILES string of the molecule is CC1=CC(C)(C)Nc2cc3c(cc21)C(c1c(F)c(F)c(F)c(F)c1C(=O)O)=c1cc2c(cc1[Si]3(C)C)=NC(C)(C)C=C2C. The van der Waals surface area contributed by atoms with Gasteiger partial charge in [-0.1, -0.05) is 25.2 Å². The molecule has 3 aromatic carbocycles. The Labute approximate surface area is 248 Å². The molecule has 0 amide bonds. The summed E-state index contributed by atoms with van der Waals surface area (Å²) in [6, 6.07) is 7.61. The molecule has 0 saturated carbocycles. The van der Waals surface area contributed by atoms with Crippen LogP contribution in [0.3, 0.4) is 0 Å². The van der Waals surface area contributed by atoms with Crippen LogP contribution in [-0.2, 0) is 0 Å². The molecule has 6 rings (SSSR count). The molecule has 0 aliphatic carbocycles. The molecule has 0 spiro atoms. The number of anilines is 1. The molecular weight excluding hydrogens is 572 g/mol. The molecule has 0 atom stereocenters. The molecule has 3 aliphatic rings. The Morgan fingerprint density at radius 3 is 2.09 bits per heavy atom. The fraction of sp³-hybridized carbons (Fsp3) is 0.294. The molecule has 0 saturated heterocycles. The van der Waals surface area contributed by atoms with Gasteiger partial charge >= 0.3 is 5.97 Å². The number of benzene rings is 3. The Morgan fingerprint density at radius 1 is 0.814 bits per heavy atom. The largest absolute Gasteiger partial charge is 0.478 e. The van der Waals surface area contributed by atoms with Gasteiger partial charge in [0.1, 0.15) is 13.6 Å². The predicted octanol–water partition coefficient (Wildman–Crippen LogP) is 5.75. The molecule has 9 heteroatoms. The van der Waals surface area contributed by atoms with Crippen LogP contribution in [0.5, 0.6) is 0 Å². The number of hydrogen-bond donors (Lipinski definition) is 2. The lowest BCUT2D eigenvalue weighted by molar-refractivity contribution is 0.0689. The highest BCUT2D eigenvalue weighted by Gasteiger charge is 2.41. The first-order valence-electron chi connectivity index (χ1n) is 14.1. The molecule has 0 fully saturated rings. The highest BCUT2D eigenvalue weighted by Crippen LogP contribution is 2.39. The monoisotopic (exact) mass is 604 g/mol. The quantitative estimate of drug-likeness (QED) is 0.170. The van der Waals surface area contributed by atoms with Crippen LogP contribution in [0.25, 0.3) is 16.7 Å². The maximum absolute atomic E-state index is 16.0. The minimum Gasteiger partial charge on any atom is -0.478 e. The van der Waals surface area contributed by atoms with Crippen LogP contribution < -0.4 is 26.3 Å². The lowest BCUT2D eigenvalue weighted by Crippen LogP contribution is -2.64. The van der Waals surface area contributed by atoms with Crippen LogP contribution in [0.2, 0.25) is 13.1 Å². The number of fused-ring (bicyclic) bond motifs is 4. The van der Waals surface area contributed by atoms with Gasteiger partial charge in [-0.2, -0.15) is 0 Å². The van der Waals surface area contributed by atoms with Crippen molar-refractivity contribution in [2.75, 3.05) is 5.32 Å². The summed E-state index contributed by atoms with van der Waals surface area (Å²) in [5.41, 5.74) is 1.86. The number of aromatic carboxylic acids is 1. The average Bonchev–Trinajstić information content (AvgIpc) is 2.88. The third-order valence-corrected chi connectivity index (χ3v) is 12.3. The number of carboxylic acids is 1. The Hall–Kier alpha value is -3.98. The lowest BCUT2D eigenvalue weighted by atomic mass is 9.85. The van der Waals surface area contributed by atoms with Crippen molar-refractivity contribution in [2.24, 2.45) is 4.99 Å². The summed E-state index contributed by atoms with van der Waals surface area (Å²) in [5, 5.41) is 16.4. The van der Waals surface area contributed by atoms with Crippen LogP contribution in [0, 0.1) is 23.3 Å². The standard InChI is InChI=1S/C34H32F4N2O2Si/c1-15-13-33(3,4)39-21-11-23-19(9-17(15)21)25(26-27(32(41)42)29(36)31(38)30(37)28(26)35)20-10-18-16(2)14-34(5,6)40-22(18)12-24(20)43(23,7)8/h9-14,39H,1-8H3,(H,41,42). The van der Waals surface area contributed by atoms with Gasteiger partial charge in [0.25, 0.3) is 0 Å². The lowest BCUT2D eigenvalue weighted by Gasteiger charge is -2.38. The maximum atomic E-state index is 16.0. The van der Waals surface area contributed by atoms with Gasteiger partial charge in [-0.05, 0) is 98.1 Å². The first kappa shape index (κ1) is 29.1. The van der Waals surface area contributed by atoms with E-state index in [2.05, 4.69) is 24.5 Å². The highest BCUT2D eigenvalue weighted by molar-refractivity contribution is 7.01. The zero-order valence-electron chi connectivity index (χ0n) is 25.3. The first-order chi connectivity index (χ1) is 19.8. The van der Waals surface area contributed by atoms with Crippen molar-refractivity contribution >= 4 is 46.8 Å². The number of hydrogen-bond acceptors (Lipinski definition) is 3. The van der Waals surface area contributed by atoms with Gasteiger partial charge in [-0.25, -0.2) is 22.4 Å². The van der Waals surface area contributed by atoms with Crippen molar-refractivity contribution in [1.82, 2.24) is 0 Å². The van der Waals surface area contributed by atoms with E-state index in [1.165, 1.54) is 0 Å². The molecular formula is C34H32F4N2O2Si. The number of allylic oxidation sites excluding steroid dienone is 2. The third-order valence-electron chi connectivity index (χ3n) is 8.77. The zero-order valence-corrected chi connectivity index (χ0v) is 26.3. The van der Waals surface area contributed by atoms with E-state index in [1.807, 2.05) is 71.9 Å². The summed E-state index contributed by atoms with van der Waals surface area (Å²) in [5.74, 6) is -9.80. The fourth-order valence-electron chi connectivity index (χ4n) is 7.05. The van der Waals surface area contributed by atoms with Crippen molar-refractivity contribution in [3.05, 3.63) is 98.1 Å². The van der Waals surface area contributed by atoms with Gasteiger partial charge in [0.05, 0.1) is 16.4 Å². The normalized spacial score (nSPS) is 18.7. The molecule has 3 aromatic rings. The van der Waals surface area contributed by atoms with E-state index in [9.17, 15) is 18.7 Å². The van der Waals surface area contributed by atoms with E-state index >= 15 is 8.78 Å². The van der Waals surface area contributed by atoms with E-state index in [1.54, 1.807) is 0 Å². The molecule has 2 N–H and O–H groups in total. The number of carboxylic acid groups (broad SMARTS) is 1. The second-order valence-electron chi connectivity index (χ2n) is 13.4. The fourth-order valence-corrected chi connectivity index (χ4v) is 10.1. The van der Waals surface area contributed by atoms with Gasteiger partial charge in [0.2, 0.25) is 0 Å². The van der Waals surface area contributed by atoms with E-state index in [-0.39, 0.29) is 11.1 Å². The van der Waals surface area contributed by atoms with E-state index < -0.39 is 54.0 Å². The topological polar surface area (TPSA) is 61.7 Å². The van der Waals surface area contributed by atoms with Crippen LogP contribution in [0.15, 0.2) is 41.4 Å². The summed E-state index contributed by atoms with van der Waals surface area (Å²) >= 11 is 0. The maximum Gasteiger partial charge on any atom is 0.339 e. The van der Waals surface area contributed by atoms with Crippen molar-refractivity contribution in [1.29, 1.82) is 0 Å². The number of nitrogens with one attached hydrogen (secondary N) is 1. The second kappa shape index (κ2) is 9.01. The predicted molar refractivity (Wildman–Crippen MR) is 164 cm³/mol. The summed E-state index contributed by atoms with van der Waals surface area (Å²) in [6.45, 7) is 16.2. The molecule has 0 aromatic heterocycles. The number of rotatable bonds is 2. The van der Waals surface area contributed by atoms with Crippen molar-refractivity contribution in [3.8, 4) is 0 Å². The van der Waals surface area contributed by atoms with Crippen LogP contribution in [-0.4, -0.2) is 30.2 Å². The van der Waals surface area contributed by atoms with E-state index in [4.69, 9.17) is 4.99 Å². The van der Waals surface area contributed by atoms with E-state index in [0.717, 1.165) is 43.7 Å². The van der Waals surface area contributed by atoms with Crippen molar-refractivity contribution < 1.29 is 27.5 Å². The Kier molecular flexibility index (Phi) is 6.10. The molecule has 0 radical (unpaired) electrons. The van der Waals surface area contributed by atoms with E-state index in [0.29, 0.717) is 10.8 Å². The third kappa shape index (κ3) is 4.23. The molecule has 4 nitrogen and oxygen atoms in total. The molecule has 0 unspecified atom stereocenters. The Morgan fingerprint density at radius 2 is 1.44 bits per heavy atom. The van der Waals surface area contributed by atoms with Crippen LogP contribution in [0.1, 0.15) is 74.2 Å². The molecule has 222 valence electrons. The zero-order chi connectivity index (χ0) is 31.5. The second-order valence-corrected chi connectivity index (χ2v) is 17.8. The van der Waals surface area contributed by atoms with Crippen molar-refractivity contribution in [3.63, 3.8) is 0 Å². The van der Waals surface area contributed by atoms with Gasteiger partial charge in [0.15, 0.2) is 23.3 Å². The summed E-state index contributed by atoms with van der Waals surface area (Å²) in [4.78, 5) is 17.4. The first-order valence-corrected chi connectivity index (χ1v) is 17.1. The molecule has 3 aliphatic heterocycles. The van der Waals surface area contributed by atoms with Gasteiger partial charge in [0, 0.05) is 28.0 Å². The smallest absolute Gasteiger partial charge is 0.339 e. The minimum atomic E-state index is -2.65. The molecule has 43 heavy (non-hydrogen) atoms. The Bertz CT molecular complexity index is 2020. The summed E-state index contributed by atoms with van der Waals surface area (Å²) < 4.78 is 60.6. The average molecular weight is 605 g/mol. The number of halogens is 4. The van der Waals surface area contributed by atoms with Gasteiger partial charge in [-0.15, -0.1) is 0 Å². The summed E-state index contributed by atoms with van der Waals surface area (Å²) in [6.07, 6.45) is 4.05. The van der Waals surface area contributed by atoms with Crippen LogP contribution in [0.4, 0.5) is 23.2 Å². The molecule has 3 heterocycles. The molecule has 0 bridgehead atoms. The highest BCUT2D eigenvalue weighted by atomic mass is 28.3.